The van der Waals surface area contributed by atoms with E-state index in [1.54, 1.807) is 0 Å². The van der Waals surface area contributed by atoms with E-state index in [9.17, 15) is 4.79 Å². The molecule has 0 saturated carbocycles. The van der Waals surface area contributed by atoms with Crippen LogP contribution < -0.4 is 5.32 Å². The van der Waals surface area contributed by atoms with E-state index in [0.717, 1.165) is 32.4 Å². The van der Waals surface area contributed by atoms with Crippen molar-refractivity contribution in [2.24, 2.45) is 0 Å². The van der Waals surface area contributed by atoms with Gasteiger partial charge in [-0.2, -0.15) is 0 Å². The van der Waals surface area contributed by atoms with Gasteiger partial charge in [0, 0.05) is 19.0 Å². The fraction of sp³-hybridized carbons (Fsp3) is 0.966. The molecule has 0 rings (SSSR count). The quantitative estimate of drug-likeness (QED) is 0.141. The molecule has 0 saturated heterocycles. The summed E-state index contributed by atoms with van der Waals surface area (Å²) in [6, 6.07) is 0.465. The molecule has 3 heteroatoms. The van der Waals surface area contributed by atoms with Crippen LogP contribution in [0.4, 0.5) is 0 Å². The fourth-order valence-electron chi connectivity index (χ4n) is 4.74. The largest absolute Gasteiger partial charge is 0.340 e. The van der Waals surface area contributed by atoms with Crippen molar-refractivity contribution in [3.63, 3.8) is 0 Å². The van der Waals surface area contributed by atoms with Crippen LogP contribution in [0.25, 0.3) is 0 Å². The van der Waals surface area contributed by atoms with Crippen LogP contribution in [0.3, 0.4) is 0 Å². The van der Waals surface area contributed by atoms with Gasteiger partial charge in [0.2, 0.25) is 5.91 Å². The second kappa shape index (κ2) is 25.1. The number of nitrogens with one attached hydrogen (secondary N) is 1. The summed E-state index contributed by atoms with van der Waals surface area (Å²) < 4.78 is 0. The molecule has 0 fully saturated rings. The average molecular weight is 453 g/mol. The number of hydrogen-bond acceptors (Lipinski definition) is 2. The molecule has 192 valence electrons. The third-order valence-corrected chi connectivity index (χ3v) is 6.86. The molecule has 0 aliphatic heterocycles. The molecule has 0 aromatic carbocycles. The number of nitrogens with zero attached hydrogens (tertiary/aromatic N) is 1. The third kappa shape index (κ3) is 18.9. The minimum atomic E-state index is 0.432. The lowest BCUT2D eigenvalue weighted by atomic mass is 9.98. The average Bonchev–Trinajstić information content (AvgIpc) is 2.80. The zero-order chi connectivity index (χ0) is 23.7. The maximum Gasteiger partial charge on any atom is 0.222 e. The summed E-state index contributed by atoms with van der Waals surface area (Å²) in [4.78, 5) is 15.6. The Labute approximate surface area is 202 Å². The highest BCUT2D eigenvalue weighted by molar-refractivity contribution is 5.76. The molecule has 0 radical (unpaired) electrons. The fourth-order valence-corrected chi connectivity index (χ4v) is 4.74. The molecule has 0 aromatic heterocycles. The topological polar surface area (TPSA) is 32.3 Å². The SMILES string of the molecule is CCCCCCCCC(=O)N(CCCNC)C(CCCCCCC)CCCCCCCC. The van der Waals surface area contributed by atoms with Crippen molar-refractivity contribution in [2.75, 3.05) is 20.1 Å². The number of amides is 1. The molecule has 0 aliphatic carbocycles. The Kier molecular flexibility index (Phi) is 24.6. The van der Waals surface area contributed by atoms with Crippen molar-refractivity contribution in [3.8, 4) is 0 Å². The number of unbranched alkanes of at least 4 members (excludes halogenated alkanes) is 14. The van der Waals surface area contributed by atoms with E-state index in [2.05, 4.69) is 31.0 Å². The van der Waals surface area contributed by atoms with Gasteiger partial charge in [-0.25, -0.2) is 0 Å². The summed E-state index contributed by atoms with van der Waals surface area (Å²) in [5.41, 5.74) is 0. The molecule has 0 aliphatic rings. The second-order valence-electron chi connectivity index (χ2n) is 9.98. The zero-order valence-corrected chi connectivity index (χ0v) is 22.7. The van der Waals surface area contributed by atoms with Gasteiger partial charge >= 0.3 is 0 Å². The highest BCUT2D eigenvalue weighted by Crippen LogP contribution is 2.21. The molecule has 0 aromatic rings. The predicted molar refractivity (Wildman–Crippen MR) is 143 cm³/mol. The Balaban J connectivity index is 4.76. The molecule has 1 atom stereocenters. The highest BCUT2D eigenvalue weighted by atomic mass is 16.2. The van der Waals surface area contributed by atoms with Crippen molar-refractivity contribution in [3.05, 3.63) is 0 Å². The highest BCUT2D eigenvalue weighted by Gasteiger charge is 2.22. The lowest BCUT2D eigenvalue weighted by molar-refractivity contribution is -0.134. The van der Waals surface area contributed by atoms with Crippen molar-refractivity contribution in [1.29, 1.82) is 0 Å². The minimum Gasteiger partial charge on any atom is -0.340 e. The Bertz CT molecular complexity index is 385. The van der Waals surface area contributed by atoms with Crippen molar-refractivity contribution in [1.82, 2.24) is 10.2 Å². The van der Waals surface area contributed by atoms with E-state index < -0.39 is 0 Å². The van der Waals surface area contributed by atoms with Gasteiger partial charge in [0.15, 0.2) is 0 Å². The van der Waals surface area contributed by atoms with Crippen LogP contribution in [0.15, 0.2) is 0 Å². The second-order valence-corrected chi connectivity index (χ2v) is 9.98. The summed E-state index contributed by atoms with van der Waals surface area (Å²) in [6.45, 7) is 8.77. The molecule has 1 N–H and O–H groups in total. The van der Waals surface area contributed by atoms with Gasteiger partial charge in [-0.15, -0.1) is 0 Å². The van der Waals surface area contributed by atoms with E-state index in [-0.39, 0.29) is 0 Å². The number of rotatable bonds is 25. The van der Waals surface area contributed by atoms with Gasteiger partial charge in [0.1, 0.15) is 0 Å². The van der Waals surface area contributed by atoms with E-state index in [4.69, 9.17) is 0 Å². The van der Waals surface area contributed by atoms with E-state index >= 15 is 0 Å². The van der Waals surface area contributed by atoms with Gasteiger partial charge in [-0.1, -0.05) is 124 Å². The predicted octanol–water partition coefficient (Wildman–Crippen LogP) is 8.65. The van der Waals surface area contributed by atoms with Crippen LogP contribution in [-0.4, -0.2) is 37.0 Å². The summed E-state index contributed by atoms with van der Waals surface area (Å²) in [6.07, 6.45) is 26.4. The molecule has 0 heterocycles. The van der Waals surface area contributed by atoms with Crippen molar-refractivity contribution < 1.29 is 4.79 Å². The smallest absolute Gasteiger partial charge is 0.222 e. The van der Waals surface area contributed by atoms with Crippen LogP contribution in [0.5, 0.6) is 0 Å². The first-order valence-electron chi connectivity index (χ1n) is 14.6. The first kappa shape index (κ1) is 31.4. The maximum atomic E-state index is 13.3. The Morgan fingerprint density at radius 3 is 1.53 bits per heavy atom. The van der Waals surface area contributed by atoms with Crippen LogP contribution in [0.1, 0.15) is 156 Å². The summed E-state index contributed by atoms with van der Waals surface area (Å²) >= 11 is 0. The van der Waals surface area contributed by atoms with Gasteiger partial charge in [-0.05, 0) is 39.3 Å². The maximum absolute atomic E-state index is 13.3. The summed E-state index contributed by atoms with van der Waals surface area (Å²) in [5.74, 6) is 0.432. The molecule has 0 bridgehead atoms. The zero-order valence-electron chi connectivity index (χ0n) is 22.7. The molecule has 3 nitrogen and oxygen atoms in total. The lowest BCUT2D eigenvalue weighted by Gasteiger charge is -2.33. The van der Waals surface area contributed by atoms with Crippen LogP contribution in [0.2, 0.25) is 0 Å². The first-order valence-corrected chi connectivity index (χ1v) is 14.6. The number of carbonyl (C=O) groups is 1. The van der Waals surface area contributed by atoms with Gasteiger partial charge in [0.25, 0.3) is 0 Å². The van der Waals surface area contributed by atoms with Gasteiger partial charge in [-0.3, -0.25) is 4.79 Å². The molecule has 1 unspecified atom stereocenters. The molecule has 0 spiro atoms. The summed E-state index contributed by atoms with van der Waals surface area (Å²) in [5, 5.41) is 3.27. The lowest BCUT2D eigenvalue weighted by Crippen LogP contribution is -2.41. The van der Waals surface area contributed by atoms with E-state index in [0.29, 0.717) is 11.9 Å². The minimum absolute atomic E-state index is 0.432. The molecule has 1 amide bonds. The standard InChI is InChI=1S/C29H60N2O/c1-5-8-11-14-17-20-24-28(23-19-16-13-10-7-3)31(27-22-26-30-4)29(32)25-21-18-15-12-9-6-2/h28,30H,5-27H2,1-4H3. The normalized spacial score (nSPS) is 12.2. The molecular formula is C29H60N2O. The van der Waals surface area contributed by atoms with Crippen LogP contribution >= 0.6 is 0 Å². The van der Waals surface area contributed by atoms with Crippen molar-refractivity contribution >= 4 is 5.91 Å². The van der Waals surface area contributed by atoms with Crippen LogP contribution in [-0.2, 0) is 4.79 Å². The summed E-state index contributed by atoms with van der Waals surface area (Å²) in [7, 11) is 2.02. The third-order valence-electron chi connectivity index (χ3n) is 6.86. The van der Waals surface area contributed by atoms with E-state index in [1.807, 2.05) is 7.05 Å². The van der Waals surface area contributed by atoms with E-state index in [1.165, 1.54) is 116 Å². The van der Waals surface area contributed by atoms with Crippen molar-refractivity contribution in [2.45, 2.75) is 162 Å². The number of hydrogen-bond donors (Lipinski definition) is 1. The van der Waals surface area contributed by atoms with Crippen LogP contribution in [0, 0.1) is 0 Å². The monoisotopic (exact) mass is 452 g/mol. The number of carbonyl (C=O) groups excluding carboxylic acids is 1. The Morgan fingerprint density at radius 1 is 0.625 bits per heavy atom. The molecule has 32 heavy (non-hydrogen) atoms. The first-order chi connectivity index (χ1) is 15.7. The molecular weight excluding hydrogens is 392 g/mol. The van der Waals surface area contributed by atoms with Gasteiger partial charge in [0.05, 0.1) is 0 Å². The van der Waals surface area contributed by atoms with Gasteiger partial charge < -0.3 is 10.2 Å². The Morgan fingerprint density at radius 2 is 1.06 bits per heavy atom. The Hall–Kier alpha value is -0.570.